The first-order valence-corrected chi connectivity index (χ1v) is 11.0. The minimum atomic E-state index is -0.296. The van der Waals surface area contributed by atoms with Gasteiger partial charge in [0.15, 0.2) is 11.0 Å². The summed E-state index contributed by atoms with van der Waals surface area (Å²) in [7, 11) is 0. The Morgan fingerprint density at radius 2 is 2.03 bits per heavy atom. The number of carbonyl (C=O) groups is 1. The minimum Gasteiger partial charge on any atom is -0.376 e. The smallest absolute Gasteiger partial charge is 0.233 e. The van der Waals surface area contributed by atoms with E-state index in [1.54, 1.807) is 12.4 Å². The van der Waals surface area contributed by atoms with Gasteiger partial charge in [-0.05, 0) is 37.5 Å². The van der Waals surface area contributed by atoms with E-state index in [-0.39, 0.29) is 17.3 Å². The topological polar surface area (TPSA) is 81.9 Å². The molecule has 2 unspecified atom stereocenters. The lowest BCUT2D eigenvalue weighted by Crippen LogP contribution is -2.36. The first-order chi connectivity index (χ1) is 14.7. The van der Waals surface area contributed by atoms with Gasteiger partial charge in [0, 0.05) is 31.1 Å². The van der Waals surface area contributed by atoms with Gasteiger partial charge in [0.05, 0.1) is 17.9 Å². The zero-order valence-corrected chi connectivity index (χ0v) is 17.7. The Hall–Kier alpha value is -2.71. The summed E-state index contributed by atoms with van der Waals surface area (Å²) in [5.41, 5.74) is 2.08. The largest absolute Gasteiger partial charge is 0.376 e. The molecule has 2 aromatic heterocycles. The van der Waals surface area contributed by atoms with Crippen LogP contribution < -0.4 is 5.32 Å². The third kappa shape index (κ3) is 5.06. The van der Waals surface area contributed by atoms with E-state index in [2.05, 4.69) is 37.2 Å². The van der Waals surface area contributed by atoms with Crippen molar-refractivity contribution in [3.05, 3.63) is 60.4 Å². The molecule has 1 aromatic carbocycles. The van der Waals surface area contributed by atoms with Crippen LogP contribution in [0.25, 0.3) is 11.4 Å². The van der Waals surface area contributed by atoms with Gasteiger partial charge in [-0.1, -0.05) is 42.1 Å². The third-order valence-electron chi connectivity index (χ3n) is 5.02. The number of nitrogens with zero attached hydrogens (tertiary/aromatic N) is 4. The van der Waals surface area contributed by atoms with Crippen LogP contribution in [0.5, 0.6) is 0 Å². The molecule has 0 radical (unpaired) electrons. The van der Waals surface area contributed by atoms with E-state index in [0.717, 1.165) is 36.4 Å². The number of amides is 1. The van der Waals surface area contributed by atoms with Crippen LogP contribution in [0.15, 0.2) is 60.0 Å². The second-order valence-electron chi connectivity index (χ2n) is 7.25. The molecule has 1 aliphatic heterocycles. The van der Waals surface area contributed by atoms with Gasteiger partial charge in [0.2, 0.25) is 5.91 Å². The zero-order valence-electron chi connectivity index (χ0n) is 16.9. The molecule has 0 bridgehead atoms. The number of ether oxygens (including phenoxy) is 1. The highest BCUT2D eigenvalue weighted by Gasteiger charge is 2.23. The predicted octanol–water partition coefficient (Wildman–Crippen LogP) is 3.16. The summed E-state index contributed by atoms with van der Waals surface area (Å²) in [6, 6.07) is 14.0. The van der Waals surface area contributed by atoms with Crippen molar-refractivity contribution in [2.24, 2.45) is 0 Å². The zero-order chi connectivity index (χ0) is 20.8. The van der Waals surface area contributed by atoms with Gasteiger partial charge >= 0.3 is 0 Å². The lowest BCUT2D eigenvalue weighted by molar-refractivity contribution is -0.120. The summed E-state index contributed by atoms with van der Waals surface area (Å²) in [5, 5.41) is 12.2. The number of benzene rings is 1. The van der Waals surface area contributed by atoms with Gasteiger partial charge < -0.3 is 10.1 Å². The maximum absolute atomic E-state index is 12.6. The van der Waals surface area contributed by atoms with Crippen LogP contribution in [0.1, 0.15) is 25.3 Å². The monoisotopic (exact) mass is 423 g/mol. The fourth-order valence-corrected chi connectivity index (χ4v) is 4.25. The average Bonchev–Trinajstić information content (AvgIpc) is 3.44. The van der Waals surface area contributed by atoms with Crippen LogP contribution in [0.4, 0.5) is 0 Å². The highest BCUT2D eigenvalue weighted by molar-refractivity contribution is 8.00. The van der Waals surface area contributed by atoms with Gasteiger partial charge in [-0.3, -0.25) is 14.3 Å². The number of rotatable bonds is 8. The fraction of sp³-hybridized carbons (Fsp3) is 0.364. The molecule has 0 saturated carbocycles. The van der Waals surface area contributed by atoms with Crippen molar-refractivity contribution in [2.75, 3.05) is 13.2 Å². The van der Waals surface area contributed by atoms with Crippen LogP contribution in [0, 0.1) is 0 Å². The molecule has 0 spiro atoms. The van der Waals surface area contributed by atoms with Crippen molar-refractivity contribution in [3.63, 3.8) is 0 Å². The van der Waals surface area contributed by atoms with Gasteiger partial charge in [0.1, 0.15) is 0 Å². The second-order valence-corrected chi connectivity index (χ2v) is 8.56. The molecule has 30 heavy (non-hydrogen) atoms. The normalized spacial score (nSPS) is 17.0. The fourth-order valence-electron chi connectivity index (χ4n) is 3.37. The molecular weight excluding hydrogens is 398 g/mol. The number of hydrogen-bond donors (Lipinski definition) is 1. The SMILES string of the molecule is CC(Sc1nnc(-c2ccncc2)n1Cc1ccccc1)C(=O)NCC1CCCO1. The van der Waals surface area contributed by atoms with E-state index in [4.69, 9.17) is 4.74 Å². The number of pyridine rings is 1. The van der Waals surface area contributed by atoms with Crippen molar-refractivity contribution in [2.45, 2.75) is 42.8 Å². The van der Waals surface area contributed by atoms with E-state index in [9.17, 15) is 4.79 Å². The van der Waals surface area contributed by atoms with Crippen molar-refractivity contribution < 1.29 is 9.53 Å². The van der Waals surface area contributed by atoms with Gasteiger partial charge in [-0.25, -0.2) is 0 Å². The Kier molecular flexibility index (Phi) is 6.76. The Morgan fingerprint density at radius 3 is 2.77 bits per heavy atom. The molecule has 1 aliphatic rings. The number of aromatic nitrogens is 4. The van der Waals surface area contributed by atoms with E-state index >= 15 is 0 Å². The molecule has 7 nitrogen and oxygen atoms in total. The first kappa shape index (κ1) is 20.6. The first-order valence-electron chi connectivity index (χ1n) is 10.1. The van der Waals surface area contributed by atoms with Crippen LogP contribution in [0.2, 0.25) is 0 Å². The summed E-state index contributed by atoms with van der Waals surface area (Å²) in [5.74, 6) is 0.742. The van der Waals surface area contributed by atoms with Crippen LogP contribution in [0.3, 0.4) is 0 Å². The van der Waals surface area contributed by atoms with E-state index < -0.39 is 0 Å². The van der Waals surface area contributed by atoms with Crippen molar-refractivity contribution >= 4 is 17.7 Å². The molecule has 4 rings (SSSR count). The lowest BCUT2D eigenvalue weighted by atomic mass is 10.2. The second kappa shape index (κ2) is 9.86. The van der Waals surface area contributed by atoms with Gasteiger partial charge in [0.25, 0.3) is 0 Å². The Balaban J connectivity index is 1.51. The van der Waals surface area contributed by atoms with Gasteiger partial charge in [-0.2, -0.15) is 0 Å². The molecule has 156 valence electrons. The maximum atomic E-state index is 12.6. The minimum absolute atomic E-state index is 0.0183. The molecule has 1 fully saturated rings. The highest BCUT2D eigenvalue weighted by atomic mass is 32.2. The molecule has 8 heteroatoms. The quantitative estimate of drug-likeness (QED) is 0.561. The molecule has 1 saturated heterocycles. The van der Waals surface area contributed by atoms with E-state index in [1.807, 2.05) is 37.3 Å². The summed E-state index contributed by atoms with van der Waals surface area (Å²) in [4.78, 5) is 16.7. The summed E-state index contributed by atoms with van der Waals surface area (Å²) in [6.45, 7) is 3.86. The third-order valence-corrected chi connectivity index (χ3v) is 6.10. The Bertz CT molecular complexity index is 958. The molecule has 2 atom stereocenters. The molecule has 1 amide bonds. The molecule has 3 aromatic rings. The number of thioether (sulfide) groups is 1. The maximum Gasteiger partial charge on any atom is 0.233 e. The van der Waals surface area contributed by atoms with E-state index in [0.29, 0.717) is 18.2 Å². The molecular formula is C22H25N5O2S. The number of nitrogens with one attached hydrogen (secondary N) is 1. The number of hydrogen-bond acceptors (Lipinski definition) is 6. The summed E-state index contributed by atoms with van der Waals surface area (Å²) in [6.07, 6.45) is 5.68. The molecule has 0 aliphatic carbocycles. The van der Waals surface area contributed by atoms with Crippen molar-refractivity contribution in [1.29, 1.82) is 0 Å². The standard InChI is InChI=1S/C22H25N5O2S/c1-16(21(28)24-14-19-8-5-13-29-19)30-22-26-25-20(18-9-11-23-12-10-18)27(22)15-17-6-3-2-4-7-17/h2-4,6-7,9-12,16,19H,5,8,13-15H2,1H3,(H,24,28). The van der Waals surface area contributed by atoms with Crippen LogP contribution in [-0.4, -0.2) is 50.2 Å². The van der Waals surface area contributed by atoms with Crippen molar-refractivity contribution in [1.82, 2.24) is 25.1 Å². The van der Waals surface area contributed by atoms with E-state index in [1.165, 1.54) is 11.8 Å². The molecule has 1 N–H and O–H groups in total. The predicted molar refractivity (Wildman–Crippen MR) is 116 cm³/mol. The number of carbonyl (C=O) groups excluding carboxylic acids is 1. The van der Waals surface area contributed by atoms with Crippen LogP contribution in [-0.2, 0) is 16.1 Å². The highest BCUT2D eigenvalue weighted by Crippen LogP contribution is 2.27. The average molecular weight is 424 g/mol. The van der Waals surface area contributed by atoms with Crippen molar-refractivity contribution in [3.8, 4) is 11.4 Å². The van der Waals surface area contributed by atoms with Crippen LogP contribution >= 0.6 is 11.8 Å². The van der Waals surface area contributed by atoms with Gasteiger partial charge in [-0.15, -0.1) is 10.2 Å². The lowest BCUT2D eigenvalue weighted by Gasteiger charge is -2.15. The summed E-state index contributed by atoms with van der Waals surface area (Å²) >= 11 is 1.42. The Morgan fingerprint density at radius 1 is 1.23 bits per heavy atom. The molecule has 3 heterocycles. The summed E-state index contributed by atoms with van der Waals surface area (Å²) < 4.78 is 7.64. The Labute approximate surface area is 180 Å².